The SMILES string of the molecule is CNc1nc(-c2ccc(OC)nc2)nc(C2CC2)c1Br. The largest absolute Gasteiger partial charge is 0.481 e. The Morgan fingerprint density at radius 1 is 1.30 bits per heavy atom. The Morgan fingerprint density at radius 3 is 2.65 bits per heavy atom. The number of anilines is 1. The molecule has 104 valence electrons. The first kappa shape index (κ1) is 13.3. The van der Waals surface area contributed by atoms with Crippen molar-refractivity contribution in [2.45, 2.75) is 18.8 Å². The fourth-order valence-corrected chi connectivity index (χ4v) is 2.72. The third-order valence-corrected chi connectivity index (χ3v) is 4.06. The fraction of sp³-hybridized carbons (Fsp3) is 0.357. The molecular formula is C14H15BrN4O. The van der Waals surface area contributed by atoms with Crippen molar-refractivity contribution in [1.82, 2.24) is 15.0 Å². The molecule has 1 aliphatic carbocycles. The zero-order valence-electron chi connectivity index (χ0n) is 11.4. The molecule has 20 heavy (non-hydrogen) atoms. The lowest BCUT2D eigenvalue weighted by molar-refractivity contribution is 0.398. The summed E-state index contributed by atoms with van der Waals surface area (Å²) in [5, 5.41) is 3.11. The van der Waals surface area contributed by atoms with Crippen LogP contribution in [-0.4, -0.2) is 29.1 Å². The van der Waals surface area contributed by atoms with E-state index in [0.717, 1.165) is 21.5 Å². The Bertz CT molecular complexity index is 626. The van der Waals surface area contributed by atoms with Gasteiger partial charge in [-0.2, -0.15) is 0 Å². The average molecular weight is 335 g/mol. The quantitative estimate of drug-likeness (QED) is 0.930. The van der Waals surface area contributed by atoms with Crippen molar-refractivity contribution in [1.29, 1.82) is 0 Å². The Labute approximate surface area is 125 Å². The maximum Gasteiger partial charge on any atom is 0.212 e. The van der Waals surface area contributed by atoms with E-state index >= 15 is 0 Å². The van der Waals surface area contributed by atoms with Crippen LogP contribution in [0.3, 0.4) is 0 Å². The van der Waals surface area contributed by atoms with Gasteiger partial charge in [0.05, 0.1) is 17.3 Å². The summed E-state index contributed by atoms with van der Waals surface area (Å²) in [5.74, 6) is 2.63. The number of hydrogen-bond donors (Lipinski definition) is 1. The van der Waals surface area contributed by atoms with Gasteiger partial charge in [0.1, 0.15) is 5.82 Å². The second kappa shape index (κ2) is 5.36. The van der Waals surface area contributed by atoms with Gasteiger partial charge in [-0.25, -0.2) is 15.0 Å². The first-order chi connectivity index (χ1) is 9.72. The molecule has 0 unspecified atom stereocenters. The predicted molar refractivity (Wildman–Crippen MR) is 81.0 cm³/mol. The normalized spacial score (nSPS) is 14.2. The summed E-state index contributed by atoms with van der Waals surface area (Å²) in [4.78, 5) is 13.4. The highest BCUT2D eigenvalue weighted by molar-refractivity contribution is 9.10. The summed E-state index contributed by atoms with van der Waals surface area (Å²) >= 11 is 3.59. The number of hydrogen-bond acceptors (Lipinski definition) is 5. The molecule has 0 spiro atoms. The molecule has 1 N–H and O–H groups in total. The highest BCUT2D eigenvalue weighted by Crippen LogP contribution is 2.44. The van der Waals surface area contributed by atoms with E-state index in [0.29, 0.717) is 17.6 Å². The van der Waals surface area contributed by atoms with Gasteiger partial charge in [-0.1, -0.05) is 0 Å². The average Bonchev–Trinajstić information content (AvgIpc) is 3.32. The van der Waals surface area contributed by atoms with Gasteiger partial charge in [-0.3, -0.25) is 0 Å². The molecular weight excluding hydrogens is 320 g/mol. The van der Waals surface area contributed by atoms with E-state index in [1.54, 1.807) is 13.3 Å². The van der Waals surface area contributed by atoms with Crippen LogP contribution < -0.4 is 10.1 Å². The molecule has 0 radical (unpaired) electrons. The van der Waals surface area contributed by atoms with Gasteiger partial charge >= 0.3 is 0 Å². The zero-order valence-corrected chi connectivity index (χ0v) is 12.9. The van der Waals surface area contributed by atoms with E-state index in [2.05, 4.69) is 36.2 Å². The van der Waals surface area contributed by atoms with Crippen LogP contribution >= 0.6 is 15.9 Å². The van der Waals surface area contributed by atoms with Gasteiger partial charge in [0.25, 0.3) is 0 Å². The van der Waals surface area contributed by atoms with Crippen molar-refractivity contribution in [3.05, 3.63) is 28.5 Å². The van der Waals surface area contributed by atoms with E-state index in [-0.39, 0.29) is 0 Å². The molecule has 0 amide bonds. The van der Waals surface area contributed by atoms with Crippen LogP contribution in [-0.2, 0) is 0 Å². The molecule has 2 heterocycles. The second-order valence-electron chi connectivity index (χ2n) is 4.71. The van der Waals surface area contributed by atoms with Crippen LogP contribution in [0.4, 0.5) is 5.82 Å². The third kappa shape index (κ3) is 2.47. The summed E-state index contributed by atoms with van der Waals surface area (Å²) in [7, 11) is 3.46. The molecule has 0 aliphatic heterocycles. The topological polar surface area (TPSA) is 59.9 Å². The van der Waals surface area contributed by atoms with Crippen molar-refractivity contribution in [2.75, 3.05) is 19.5 Å². The third-order valence-electron chi connectivity index (χ3n) is 3.28. The highest BCUT2D eigenvalue weighted by atomic mass is 79.9. The molecule has 2 aromatic rings. The number of pyridine rings is 1. The Balaban J connectivity index is 2.05. The Kier molecular flexibility index (Phi) is 3.56. The highest BCUT2D eigenvalue weighted by Gasteiger charge is 2.29. The molecule has 2 aromatic heterocycles. The number of rotatable bonds is 4. The number of ether oxygens (including phenoxy) is 1. The van der Waals surface area contributed by atoms with Gasteiger partial charge < -0.3 is 10.1 Å². The monoisotopic (exact) mass is 334 g/mol. The molecule has 0 bridgehead atoms. The first-order valence-corrected chi connectivity index (χ1v) is 7.28. The van der Waals surface area contributed by atoms with E-state index in [1.165, 1.54) is 12.8 Å². The molecule has 0 aromatic carbocycles. The molecule has 0 atom stereocenters. The summed E-state index contributed by atoms with van der Waals surface area (Å²) in [6, 6.07) is 3.74. The van der Waals surface area contributed by atoms with Gasteiger partial charge in [0.2, 0.25) is 5.88 Å². The zero-order chi connectivity index (χ0) is 14.1. The maximum absolute atomic E-state index is 5.07. The van der Waals surface area contributed by atoms with E-state index in [4.69, 9.17) is 4.74 Å². The number of methoxy groups -OCH3 is 1. The molecule has 1 aliphatic rings. The summed E-state index contributed by atoms with van der Waals surface area (Å²) in [6.07, 6.45) is 4.12. The minimum atomic E-state index is 0.546. The van der Waals surface area contributed by atoms with Gasteiger partial charge in [0, 0.05) is 30.8 Å². The van der Waals surface area contributed by atoms with Crippen LogP contribution in [0.15, 0.2) is 22.8 Å². The van der Waals surface area contributed by atoms with E-state index in [1.807, 2.05) is 19.2 Å². The summed E-state index contributed by atoms with van der Waals surface area (Å²) in [5.41, 5.74) is 1.96. The van der Waals surface area contributed by atoms with E-state index < -0.39 is 0 Å². The van der Waals surface area contributed by atoms with Crippen LogP contribution in [0.2, 0.25) is 0 Å². The lowest BCUT2D eigenvalue weighted by Crippen LogP contribution is -2.03. The summed E-state index contributed by atoms with van der Waals surface area (Å²) in [6.45, 7) is 0. The van der Waals surface area contributed by atoms with Crippen LogP contribution in [0.25, 0.3) is 11.4 Å². The van der Waals surface area contributed by atoms with Crippen molar-refractivity contribution < 1.29 is 4.74 Å². The van der Waals surface area contributed by atoms with Gasteiger partial charge in [0.15, 0.2) is 5.82 Å². The molecule has 1 saturated carbocycles. The van der Waals surface area contributed by atoms with Crippen molar-refractivity contribution >= 4 is 21.7 Å². The van der Waals surface area contributed by atoms with Crippen LogP contribution in [0.5, 0.6) is 5.88 Å². The predicted octanol–water partition coefficient (Wildman–Crippen LogP) is 3.23. The minimum absolute atomic E-state index is 0.546. The lowest BCUT2D eigenvalue weighted by Gasteiger charge is -2.10. The van der Waals surface area contributed by atoms with Gasteiger partial charge in [-0.05, 0) is 34.8 Å². The number of halogens is 1. The fourth-order valence-electron chi connectivity index (χ4n) is 2.02. The van der Waals surface area contributed by atoms with Crippen molar-refractivity contribution in [3.63, 3.8) is 0 Å². The summed E-state index contributed by atoms with van der Waals surface area (Å²) < 4.78 is 6.03. The Hall–Kier alpha value is -1.69. The molecule has 5 nitrogen and oxygen atoms in total. The van der Waals surface area contributed by atoms with Crippen LogP contribution in [0, 0.1) is 0 Å². The molecule has 1 fully saturated rings. The van der Waals surface area contributed by atoms with Crippen molar-refractivity contribution in [3.8, 4) is 17.3 Å². The Morgan fingerprint density at radius 2 is 2.10 bits per heavy atom. The molecule has 6 heteroatoms. The standard InChI is InChI=1S/C14H15BrN4O/c1-16-14-11(15)12(8-3-4-8)18-13(19-14)9-5-6-10(20-2)17-7-9/h5-8H,3-4H2,1-2H3,(H,16,18,19). The number of nitrogens with one attached hydrogen (secondary N) is 1. The lowest BCUT2D eigenvalue weighted by atomic mass is 10.2. The molecule has 0 saturated heterocycles. The molecule has 3 rings (SSSR count). The first-order valence-electron chi connectivity index (χ1n) is 6.48. The maximum atomic E-state index is 5.07. The number of aromatic nitrogens is 3. The van der Waals surface area contributed by atoms with Gasteiger partial charge in [-0.15, -0.1) is 0 Å². The number of nitrogens with zero attached hydrogens (tertiary/aromatic N) is 3. The minimum Gasteiger partial charge on any atom is -0.481 e. The van der Waals surface area contributed by atoms with Crippen molar-refractivity contribution in [2.24, 2.45) is 0 Å². The second-order valence-corrected chi connectivity index (χ2v) is 5.50. The smallest absolute Gasteiger partial charge is 0.212 e. The van der Waals surface area contributed by atoms with Crippen LogP contribution in [0.1, 0.15) is 24.5 Å². The van der Waals surface area contributed by atoms with E-state index in [9.17, 15) is 0 Å².